The van der Waals surface area contributed by atoms with E-state index in [-0.39, 0.29) is 17.2 Å². The van der Waals surface area contributed by atoms with E-state index in [0.29, 0.717) is 5.69 Å². The van der Waals surface area contributed by atoms with E-state index in [4.69, 9.17) is 15.9 Å². The molecule has 0 saturated heterocycles. The van der Waals surface area contributed by atoms with Crippen LogP contribution in [0.4, 0.5) is 17.1 Å². The third-order valence-electron chi connectivity index (χ3n) is 3.26. The standard InChI is InChI=1S/C12H11NO2.C7H9NO.CH5N/c14-11-6-4-9(5-7-11)13-10-2-1-3-12(15)8-10;1-5-4-6(9)2-3-7(5)8;1-2/h1-8,13-15H;2-4,9H,8H2,1H3;2H2,1H3. The summed E-state index contributed by atoms with van der Waals surface area (Å²) < 4.78 is 0. The topological polar surface area (TPSA) is 125 Å². The van der Waals surface area contributed by atoms with Crippen molar-refractivity contribution < 1.29 is 15.3 Å². The number of aromatic hydroxyl groups is 3. The van der Waals surface area contributed by atoms with Gasteiger partial charge in [0.15, 0.2) is 0 Å². The summed E-state index contributed by atoms with van der Waals surface area (Å²) >= 11 is 0. The zero-order valence-corrected chi connectivity index (χ0v) is 14.8. The first-order chi connectivity index (χ1) is 12.4. The number of rotatable bonds is 2. The second-order valence-electron chi connectivity index (χ2n) is 5.26. The van der Waals surface area contributed by atoms with Crippen LogP contribution in [0, 0.1) is 6.92 Å². The van der Waals surface area contributed by atoms with E-state index in [9.17, 15) is 5.11 Å². The molecule has 0 spiro atoms. The molecule has 0 heterocycles. The van der Waals surface area contributed by atoms with Crippen LogP contribution in [-0.4, -0.2) is 22.4 Å². The number of nitrogens with two attached hydrogens (primary N) is 2. The maximum Gasteiger partial charge on any atom is 0.117 e. The second-order valence-corrected chi connectivity index (χ2v) is 5.26. The third-order valence-corrected chi connectivity index (χ3v) is 3.26. The number of hydrogen-bond donors (Lipinski definition) is 6. The molecule has 3 rings (SSSR count). The Morgan fingerprint density at radius 2 is 1.27 bits per heavy atom. The lowest BCUT2D eigenvalue weighted by atomic mass is 10.2. The quantitative estimate of drug-likeness (QED) is 0.308. The van der Waals surface area contributed by atoms with E-state index in [2.05, 4.69) is 11.1 Å². The van der Waals surface area contributed by atoms with Gasteiger partial charge < -0.3 is 32.1 Å². The van der Waals surface area contributed by atoms with E-state index in [0.717, 1.165) is 16.9 Å². The van der Waals surface area contributed by atoms with Gasteiger partial charge in [-0.1, -0.05) is 6.07 Å². The lowest BCUT2D eigenvalue weighted by Gasteiger charge is -2.06. The molecule has 138 valence electrons. The lowest BCUT2D eigenvalue weighted by molar-refractivity contribution is 0.474. The molecule has 6 nitrogen and oxygen atoms in total. The molecule has 0 aliphatic rings. The number of phenolic OH excluding ortho intramolecular Hbond substituents is 3. The smallest absolute Gasteiger partial charge is 0.117 e. The summed E-state index contributed by atoms with van der Waals surface area (Å²) in [4.78, 5) is 0. The normalized spacial score (nSPS) is 9.19. The van der Waals surface area contributed by atoms with Gasteiger partial charge in [-0.2, -0.15) is 0 Å². The van der Waals surface area contributed by atoms with Gasteiger partial charge in [0.05, 0.1) is 0 Å². The summed E-state index contributed by atoms with van der Waals surface area (Å²) in [7, 11) is 1.50. The van der Waals surface area contributed by atoms with Crippen molar-refractivity contribution in [3.05, 3.63) is 72.3 Å². The summed E-state index contributed by atoms with van der Waals surface area (Å²) in [6, 6.07) is 18.5. The number of anilines is 3. The molecule has 8 N–H and O–H groups in total. The summed E-state index contributed by atoms with van der Waals surface area (Å²) in [6.45, 7) is 1.86. The Kier molecular flexibility index (Phi) is 8.33. The van der Waals surface area contributed by atoms with Crippen LogP contribution < -0.4 is 16.8 Å². The van der Waals surface area contributed by atoms with Gasteiger partial charge in [-0.3, -0.25) is 0 Å². The highest BCUT2D eigenvalue weighted by molar-refractivity contribution is 5.61. The van der Waals surface area contributed by atoms with Crippen molar-refractivity contribution in [3.63, 3.8) is 0 Å². The number of phenols is 3. The van der Waals surface area contributed by atoms with Crippen LogP contribution in [-0.2, 0) is 0 Å². The molecule has 0 aliphatic heterocycles. The lowest BCUT2D eigenvalue weighted by Crippen LogP contribution is -1.88. The maximum absolute atomic E-state index is 9.26. The highest BCUT2D eigenvalue weighted by Gasteiger charge is 1.95. The van der Waals surface area contributed by atoms with E-state index in [1.165, 1.54) is 7.05 Å². The van der Waals surface area contributed by atoms with Crippen molar-refractivity contribution in [1.82, 2.24) is 0 Å². The van der Waals surface area contributed by atoms with E-state index in [1.807, 2.05) is 13.0 Å². The SMILES string of the molecule is CN.Cc1cc(O)ccc1N.Oc1ccc(Nc2cccc(O)c2)cc1. The molecule has 3 aromatic carbocycles. The van der Waals surface area contributed by atoms with Crippen molar-refractivity contribution in [2.75, 3.05) is 18.1 Å². The van der Waals surface area contributed by atoms with Gasteiger partial charge in [0.1, 0.15) is 17.2 Å². The van der Waals surface area contributed by atoms with Crippen LogP contribution in [0.5, 0.6) is 17.2 Å². The molecule has 0 radical (unpaired) electrons. The number of nitrogens with one attached hydrogen (secondary N) is 1. The fraction of sp³-hybridized carbons (Fsp3) is 0.100. The van der Waals surface area contributed by atoms with Gasteiger partial charge in [0.2, 0.25) is 0 Å². The molecular formula is C20H25N3O3. The highest BCUT2D eigenvalue weighted by atomic mass is 16.3. The molecular weight excluding hydrogens is 330 g/mol. The molecule has 26 heavy (non-hydrogen) atoms. The second kappa shape index (κ2) is 10.5. The van der Waals surface area contributed by atoms with Crippen molar-refractivity contribution >= 4 is 17.1 Å². The molecule has 0 aromatic heterocycles. The Morgan fingerprint density at radius 1 is 0.692 bits per heavy atom. The van der Waals surface area contributed by atoms with Crippen molar-refractivity contribution in [2.45, 2.75) is 6.92 Å². The zero-order valence-electron chi connectivity index (χ0n) is 14.8. The predicted molar refractivity (Wildman–Crippen MR) is 107 cm³/mol. The summed E-state index contributed by atoms with van der Waals surface area (Å²) in [5.41, 5.74) is 13.3. The van der Waals surface area contributed by atoms with Gasteiger partial charge in [-0.15, -0.1) is 0 Å². The Labute approximate surface area is 153 Å². The molecule has 0 aliphatic carbocycles. The highest BCUT2D eigenvalue weighted by Crippen LogP contribution is 2.21. The maximum atomic E-state index is 9.26. The summed E-state index contributed by atoms with van der Waals surface area (Å²) in [6.07, 6.45) is 0. The van der Waals surface area contributed by atoms with Crippen LogP contribution in [0.3, 0.4) is 0 Å². The van der Waals surface area contributed by atoms with Gasteiger partial charge in [0.25, 0.3) is 0 Å². The van der Waals surface area contributed by atoms with Gasteiger partial charge >= 0.3 is 0 Å². The van der Waals surface area contributed by atoms with E-state index < -0.39 is 0 Å². The van der Waals surface area contributed by atoms with Gasteiger partial charge in [-0.05, 0) is 74.1 Å². The molecule has 0 amide bonds. The Morgan fingerprint density at radius 3 is 1.81 bits per heavy atom. The average Bonchev–Trinajstić information content (AvgIpc) is 2.63. The first kappa shape index (κ1) is 20.7. The number of hydrogen-bond acceptors (Lipinski definition) is 6. The fourth-order valence-electron chi connectivity index (χ4n) is 1.95. The molecule has 0 atom stereocenters. The van der Waals surface area contributed by atoms with Crippen LogP contribution in [0.15, 0.2) is 66.7 Å². The molecule has 0 unspecified atom stereocenters. The molecule has 3 aromatic rings. The van der Waals surface area contributed by atoms with Crippen molar-refractivity contribution in [1.29, 1.82) is 0 Å². The number of nitrogen functional groups attached to an aromatic ring is 1. The minimum Gasteiger partial charge on any atom is -0.508 e. The summed E-state index contributed by atoms with van der Waals surface area (Å²) in [5.74, 6) is 0.719. The molecule has 6 heteroatoms. The summed E-state index contributed by atoms with van der Waals surface area (Å²) in [5, 5.41) is 30.3. The Hall–Kier alpha value is -3.38. The zero-order chi connectivity index (χ0) is 19.5. The fourth-order valence-corrected chi connectivity index (χ4v) is 1.95. The van der Waals surface area contributed by atoms with Gasteiger partial charge in [-0.25, -0.2) is 0 Å². The van der Waals surface area contributed by atoms with E-state index >= 15 is 0 Å². The minimum atomic E-state index is 0.221. The molecule has 0 saturated carbocycles. The third kappa shape index (κ3) is 7.02. The monoisotopic (exact) mass is 355 g/mol. The van der Waals surface area contributed by atoms with E-state index in [1.54, 1.807) is 60.7 Å². The van der Waals surface area contributed by atoms with Crippen molar-refractivity contribution in [2.24, 2.45) is 5.73 Å². The van der Waals surface area contributed by atoms with Crippen LogP contribution in [0.25, 0.3) is 0 Å². The van der Waals surface area contributed by atoms with Crippen LogP contribution in [0.2, 0.25) is 0 Å². The Bertz CT molecular complexity index is 806. The van der Waals surface area contributed by atoms with Crippen LogP contribution >= 0.6 is 0 Å². The predicted octanol–water partition coefficient (Wildman–Crippen LogP) is 3.70. The number of aryl methyl sites for hydroxylation is 1. The van der Waals surface area contributed by atoms with Gasteiger partial charge in [0, 0.05) is 23.1 Å². The average molecular weight is 355 g/mol. The minimum absolute atomic E-state index is 0.221. The molecule has 0 fully saturated rings. The largest absolute Gasteiger partial charge is 0.508 e. The number of benzene rings is 3. The van der Waals surface area contributed by atoms with Crippen molar-refractivity contribution in [3.8, 4) is 17.2 Å². The van der Waals surface area contributed by atoms with Crippen LogP contribution in [0.1, 0.15) is 5.56 Å². The first-order valence-electron chi connectivity index (χ1n) is 7.92. The first-order valence-corrected chi connectivity index (χ1v) is 7.92. The Balaban J connectivity index is 0.000000263. The molecule has 0 bridgehead atoms.